The molecule has 60 heteroatoms. The minimum absolute atomic E-state index is 2.17. The zero-order valence-corrected chi connectivity index (χ0v) is 44.7. The summed E-state index contributed by atoms with van der Waals surface area (Å²) in [4.78, 5) is 0. The van der Waals surface area contributed by atoms with E-state index in [0.717, 1.165) is 0 Å². The summed E-state index contributed by atoms with van der Waals surface area (Å²) >= 11 is 0. The second kappa shape index (κ2) is 24.9. The third-order valence-electron chi connectivity index (χ3n) is 8.41. The topological polar surface area (TPSA) is 746 Å². The molecule has 0 aromatic carbocycles. The molecule has 3 aliphatic rings. The lowest BCUT2D eigenvalue weighted by Crippen LogP contribution is -2.67. The van der Waals surface area contributed by atoms with Crippen molar-refractivity contribution >= 4 is 114 Å². The molecule has 0 amide bonds. The lowest BCUT2D eigenvalue weighted by atomic mass is 9.98. The van der Waals surface area contributed by atoms with Crippen LogP contribution in [0.1, 0.15) is 0 Å². The van der Waals surface area contributed by atoms with Gasteiger partial charge in [0.15, 0.2) is 24.8 Å². The predicted octanol–water partition coefficient (Wildman–Crippen LogP) is -9.47. The molecule has 0 radical (unpaired) electrons. The van der Waals surface area contributed by atoms with Gasteiger partial charge >= 0.3 is 114 Å². The first-order valence-electron chi connectivity index (χ1n) is 17.8. The maximum absolute atomic E-state index is 12.4. The van der Waals surface area contributed by atoms with Crippen molar-refractivity contribution in [3.05, 3.63) is 0 Å². The molecular formula is C18H32O49S11. The lowest BCUT2D eigenvalue weighted by Gasteiger charge is -2.47. The number of rotatable bonds is 30. The van der Waals surface area contributed by atoms with Crippen LogP contribution in [-0.2, 0) is 184 Å². The summed E-state index contributed by atoms with van der Waals surface area (Å²) in [7, 11) is -69.4. The molecule has 0 aromatic heterocycles. The van der Waals surface area contributed by atoms with E-state index in [1.807, 2.05) is 0 Å². The van der Waals surface area contributed by atoms with Crippen molar-refractivity contribution in [1.82, 2.24) is 0 Å². The standard InChI is InChI=1S/C18H32O49S11/c19-68(20,21)52-1-5-8(61-72(31,32)33)11(64-75(40,41)42)13(66-77(46,47)48)16(56-5)58-15-10(63-74(37,38)39)7(3-54-70(25,26)27)59-18(15,4-55-71(28,29)30)60-17-14(67-78(49,50)51)12(65-76(43,44)45)9(62-73(34,35)36)6(57-17)2-53-69(22,23)24/h5-17H,1-4H2,(H,19,20,21)(H,22,23,24)(H,25,26,27)(H,28,29,30)(H,31,32,33)(H,34,35,36)(H,37,38,39)(H,40,41,42)(H,43,44,45)(H,46,47,48)(H,49,50,51)/t5-,6-,7-,8-,9-,10-,11+,12+,13-,14-,15+,16-,17-,18+/m1/s1. The largest absolute Gasteiger partial charge is 0.397 e. The average Bonchev–Trinajstić information content (AvgIpc) is 3.42. The van der Waals surface area contributed by atoms with E-state index < -0.39 is 226 Å². The molecule has 14 atom stereocenters. The summed E-state index contributed by atoms with van der Waals surface area (Å²) in [6.45, 7) is -9.26. The molecule has 11 N–H and O–H groups in total. The molecule has 0 aliphatic carbocycles. The zero-order chi connectivity index (χ0) is 60.6. The van der Waals surface area contributed by atoms with E-state index in [1.165, 1.54) is 0 Å². The Kier molecular flexibility index (Phi) is 22.6. The first-order chi connectivity index (χ1) is 34.4. The Morgan fingerprint density at radius 3 is 0.897 bits per heavy atom. The fourth-order valence-electron chi connectivity index (χ4n) is 6.33. The van der Waals surface area contributed by atoms with Gasteiger partial charge in [0.1, 0.15) is 61.5 Å². The Hall–Kier alpha value is -1.63. The third kappa shape index (κ3) is 25.1. The summed E-state index contributed by atoms with van der Waals surface area (Å²) < 4.78 is 440. The van der Waals surface area contributed by atoms with Gasteiger partial charge in [0.25, 0.3) is 0 Å². The highest BCUT2D eigenvalue weighted by Crippen LogP contribution is 2.44. The second-order valence-corrected chi connectivity index (χ2v) is 25.7. The van der Waals surface area contributed by atoms with E-state index in [0.29, 0.717) is 0 Å². The zero-order valence-electron chi connectivity index (χ0n) is 35.8. The van der Waals surface area contributed by atoms with Gasteiger partial charge in [0, 0.05) is 0 Å². The Bertz CT molecular complexity index is 3420. The number of hydrogen-bond donors (Lipinski definition) is 11. The molecule has 0 spiro atoms. The molecule has 3 aliphatic heterocycles. The first-order valence-corrected chi connectivity index (χ1v) is 32.8. The maximum Gasteiger partial charge on any atom is 0.397 e. The molecule has 78 heavy (non-hydrogen) atoms. The third-order valence-corrected chi connectivity index (χ3v) is 13.4. The number of hydrogen-bond acceptors (Lipinski definition) is 38. The summed E-state index contributed by atoms with van der Waals surface area (Å²) in [5.41, 5.74) is 0. The van der Waals surface area contributed by atoms with Crippen molar-refractivity contribution in [3.63, 3.8) is 0 Å². The van der Waals surface area contributed by atoms with Gasteiger partial charge in [-0.15, -0.1) is 0 Å². The first kappa shape index (κ1) is 70.6. The van der Waals surface area contributed by atoms with Crippen LogP contribution in [0.2, 0.25) is 0 Å². The van der Waals surface area contributed by atoms with Gasteiger partial charge in [0.2, 0.25) is 5.79 Å². The highest BCUT2D eigenvalue weighted by molar-refractivity contribution is 7.83. The van der Waals surface area contributed by atoms with E-state index in [-0.39, 0.29) is 0 Å². The molecule has 0 unspecified atom stereocenters. The van der Waals surface area contributed by atoms with Crippen LogP contribution in [0, 0.1) is 0 Å². The minimum Gasteiger partial charge on any atom is -0.341 e. The SMILES string of the molecule is O=S(=O)(O)OC[C@H]1O[C@@](COS(=O)(=O)O)(O[C@H]2O[C@H](COS(=O)(=O)O)[C@@H](OS(=O)(=O)O)[C@H](OS(=O)(=O)O)[C@H]2OS(=O)(=O)O)[C@@H](O[C@H]2O[C@H](COS(=O)(=O)O)[C@@H](OS(=O)(=O)O)[C@H](OS(=O)(=O)O)[C@H]2OS(=O)(=O)O)[C@@H]1OS(=O)(=O)O. The van der Waals surface area contributed by atoms with Gasteiger partial charge in [0.05, 0.1) is 19.8 Å². The molecule has 3 rings (SSSR count). The van der Waals surface area contributed by atoms with Gasteiger partial charge in [-0.05, 0) is 0 Å². The van der Waals surface area contributed by atoms with Gasteiger partial charge in [-0.2, -0.15) is 92.6 Å². The fourth-order valence-corrected chi connectivity index (χ4v) is 11.1. The highest BCUT2D eigenvalue weighted by atomic mass is 32.3. The van der Waals surface area contributed by atoms with Crippen molar-refractivity contribution in [2.45, 2.75) is 85.5 Å². The molecule has 49 nitrogen and oxygen atoms in total. The summed E-state index contributed by atoms with van der Waals surface area (Å²) in [6, 6.07) is 0. The van der Waals surface area contributed by atoms with E-state index in [9.17, 15) is 143 Å². The quantitative estimate of drug-likeness (QED) is 0.0298. The van der Waals surface area contributed by atoms with E-state index in [4.69, 9.17) is 23.7 Å². The van der Waals surface area contributed by atoms with Crippen LogP contribution in [0.25, 0.3) is 0 Å². The van der Waals surface area contributed by atoms with Gasteiger partial charge in [-0.3, -0.25) is 50.1 Å². The summed E-state index contributed by atoms with van der Waals surface area (Å²) in [6.07, 6.45) is -46.3. The number of ether oxygens (including phenoxy) is 5. The van der Waals surface area contributed by atoms with Crippen LogP contribution in [0.5, 0.6) is 0 Å². The van der Waals surface area contributed by atoms with Crippen molar-refractivity contribution in [3.8, 4) is 0 Å². The highest BCUT2D eigenvalue weighted by Gasteiger charge is 2.66. The normalized spacial score (nSPS) is 31.8. The van der Waals surface area contributed by atoms with Crippen molar-refractivity contribution in [2.75, 3.05) is 26.4 Å². The van der Waals surface area contributed by atoms with Gasteiger partial charge < -0.3 is 23.7 Å². The van der Waals surface area contributed by atoms with Crippen LogP contribution in [0.4, 0.5) is 0 Å². The van der Waals surface area contributed by atoms with Crippen LogP contribution in [0.3, 0.4) is 0 Å². The maximum atomic E-state index is 12.4. The van der Waals surface area contributed by atoms with E-state index in [2.05, 4.69) is 46.0 Å². The molecule has 0 aromatic rings. The van der Waals surface area contributed by atoms with Crippen LogP contribution < -0.4 is 0 Å². The van der Waals surface area contributed by atoms with Gasteiger partial charge in [-0.1, -0.05) is 0 Å². The van der Waals surface area contributed by atoms with Crippen LogP contribution in [0.15, 0.2) is 0 Å². The average molecular weight is 1390 g/mol. The Labute approximate surface area is 436 Å². The molecule has 3 fully saturated rings. The second-order valence-electron chi connectivity index (χ2n) is 14.0. The summed E-state index contributed by atoms with van der Waals surface area (Å²) in [5, 5.41) is 0. The molecule has 0 saturated carbocycles. The smallest absolute Gasteiger partial charge is 0.341 e. The lowest BCUT2D eigenvalue weighted by molar-refractivity contribution is -0.392. The van der Waals surface area contributed by atoms with Crippen LogP contribution in [-0.4, -0.2) is 255 Å². The molecule has 0 bridgehead atoms. The minimum atomic E-state index is -6.53. The Morgan fingerprint density at radius 2 is 0.577 bits per heavy atom. The van der Waals surface area contributed by atoms with Gasteiger partial charge in [-0.25, -0.2) is 46.0 Å². The van der Waals surface area contributed by atoms with Crippen LogP contribution >= 0.6 is 0 Å². The molecular weight excluding hydrogens is 1350 g/mol. The Balaban J connectivity index is 2.68. The molecule has 464 valence electrons. The Morgan fingerprint density at radius 1 is 0.308 bits per heavy atom. The van der Waals surface area contributed by atoms with Crippen molar-refractivity contribution in [2.24, 2.45) is 0 Å². The molecule has 3 heterocycles. The summed E-state index contributed by atoms with van der Waals surface area (Å²) in [5.74, 6) is -4.54. The van der Waals surface area contributed by atoms with E-state index >= 15 is 0 Å². The van der Waals surface area contributed by atoms with Crippen molar-refractivity contribution < 1.29 is 212 Å². The van der Waals surface area contributed by atoms with Crippen molar-refractivity contribution in [1.29, 1.82) is 0 Å². The fraction of sp³-hybridized carbons (Fsp3) is 1.00. The van der Waals surface area contributed by atoms with E-state index in [1.54, 1.807) is 0 Å². The molecule has 3 saturated heterocycles. The predicted molar refractivity (Wildman–Crippen MR) is 216 cm³/mol. The monoisotopic (exact) mass is 1380 g/mol.